The second-order valence-electron chi connectivity index (χ2n) is 3.01. The van der Waals surface area contributed by atoms with Gasteiger partial charge in [0.25, 0.3) is 6.29 Å². The number of hydrogen-bond donors (Lipinski definition) is 0. The Labute approximate surface area is 82.0 Å². The highest BCUT2D eigenvalue weighted by molar-refractivity contribution is 5.75. The first-order chi connectivity index (χ1) is 6.81. The molecule has 2 rings (SSSR count). The SMILES string of the molecule is Cn1nc([C]=O)cc1-c1ccccc1. The molecule has 0 aliphatic heterocycles. The maximum Gasteiger partial charge on any atom is 0.255 e. The van der Waals surface area contributed by atoms with Gasteiger partial charge in [-0.05, 0) is 11.6 Å². The number of aryl methyl sites for hydroxylation is 1. The van der Waals surface area contributed by atoms with E-state index in [0.717, 1.165) is 11.3 Å². The van der Waals surface area contributed by atoms with E-state index in [0.29, 0.717) is 5.69 Å². The average Bonchev–Trinajstić information content (AvgIpc) is 2.61. The summed E-state index contributed by atoms with van der Waals surface area (Å²) in [6.07, 6.45) is 1.78. The van der Waals surface area contributed by atoms with Gasteiger partial charge in [0.15, 0.2) is 0 Å². The van der Waals surface area contributed by atoms with Crippen molar-refractivity contribution in [2.75, 3.05) is 0 Å². The Kier molecular flexibility index (Phi) is 2.14. The van der Waals surface area contributed by atoms with Crippen molar-refractivity contribution in [3.05, 3.63) is 42.1 Å². The minimum Gasteiger partial charge on any atom is -0.283 e. The van der Waals surface area contributed by atoms with Crippen LogP contribution in [0, 0.1) is 0 Å². The number of benzene rings is 1. The van der Waals surface area contributed by atoms with Crippen molar-refractivity contribution >= 4 is 6.29 Å². The molecule has 0 unspecified atom stereocenters. The molecule has 0 amide bonds. The van der Waals surface area contributed by atoms with Crippen molar-refractivity contribution < 1.29 is 4.79 Å². The first-order valence-corrected chi connectivity index (χ1v) is 4.29. The number of hydrogen-bond acceptors (Lipinski definition) is 2. The van der Waals surface area contributed by atoms with Crippen molar-refractivity contribution in [3.8, 4) is 11.3 Å². The van der Waals surface area contributed by atoms with E-state index in [4.69, 9.17) is 0 Å². The molecule has 0 bridgehead atoms. The minimum absolute atomic E-state index is 0.339. The summed E-state index contributed by atoms with van der Waals surface area (Å²) in [5.41, 5.74) is 2.30. The minimum atomic E-state index is 0.339. The number of carbonyl (C=O) groups excluding carboxylic acids is 1. The first kappa shape index (κ1) is 8.69. The third-order valence-electron chi connectivity index (χ3n) is 2.05. The molecule has 1 radical (unpaired) electrons. The lowest BCUT2D eigenvalue weighted by Gasteiger charge is -1.99. The highest BCUT2D eigenvalue weighted by atomic mass is 16.1. The Balaban J connectivity index is 2.51. The van der Waals surface area contributed by atoms with Crippen molar-refractivity contribution in [1.82, 2.24) is 9.78 Å². The number of rotatable bonds is 2. The summed E-state index contributed by atoms with van der Waals surface area (Å²) in [7, 11) is 1.81. The molecular weight excluding hydrogens is 176 g/mol. The normalized spacial score (nSPS) is 10.1. The zero-order valence-corrected chi connectivity index (χ0v) is 7.77. The van der Waals surface area contributed by atoms with Gasteiger partial charge in [0.2, 0.25) is 0 Å². The third-order valence-corrected chi connectivity index (χ3v) is 2.05. The van der Waals surface area contributed by atoms with Crippen LogP contribution in [0.1, 0.15) is 5.69 Å². The lowest BCUT2D eigenvalue weighted by Crippen LogP contribution is -1.93. The molecule has 1 heterocycles. The van der Waals surface area contributed by atoms with Crippen LogP contribution in [-0.4, -0.2) is 16.1 Å². The van der Waals surface area contributed by atoms with Gasteiger partial charge < -0.3 is 0 Å². The van der Waals surface area contributed by atoms with Crippen LogP contribution in [0.15, 0.2) is 36.4 Å². The van der Waals surface area contributed by atoms with Gasteiger partial charge in [-0.1, -0.05) is 30.3 Å². The molecule has 0 saturated heterocycles. The van der Waals surface area contributed by atoms with Gasteiger partial charge in [-0.3, -0.25) is 9.48 Å². The lowest BCUT2D eigenvalue weighted by molar-refractivity contribution is 0.560. The van der Waals surface area contributed by atoms with Gasteiger partial charge in [0, 0.05) is 7.05 Å². The smallest absolute Gasteiger partial charge is 0.255 e. The van der Waals surface area contributed by atoms with E-state index in [2.05, 4.69) is 5.10 Å². The molecule has 3 nitrogen and oxygen atoms in total. The Morgan fingerprint density at radius 2 is 2.00 bits per heavy atom. The van der Waals surface area contributed by atoms with Crippen molar-refractivity contribution in [1.29, 1.82) is 0 Å². The standard InChI is InChI=1S/C11H9N2O/c1-13-11(7-10(8-14)12-13)9-5-3-2-4-6-9/h2-7H,1H3. The monoisotopic (exact) mass is 185 g/mol. The summed E-state index contributed by atoms with van der Waals surface area (Å²) in [6, 6.07) is 11.5. The van der Waals surface area contributed by atoms with E-state index >= 15 is 0 Å². The van der Waals surface area contributed by atoms with E-state index in [1.807, 2.05) is 37.4 Å². The van der Waals surface area contributed by atoms with E-state index in [1.165, 1.54) is 0 Å². The van der Waals surface area contributed by atoms with Gasteiger partial charge in [-0.25, -0.2) is 0 Å². The summed E-state index contributed by atoms with van der Waals surface area (Å²) in [5, 5.41) is 4.00. The third kappa shape index (κ3) is 1.44. The molecule has 14 heavy (non-hydrogen) atoms. The summed E-state index contributed by atoms with van der Waals surface area (Å²) >= 11 is 0. The highest BCUT2D eigenvalue weighted by Gasteiger charge is 2.05. The van der Waals surface area contributed by atoms with E-state index in [9.17, 15) is 4.79 Å². The molecule has 3 heteroatoms. The number of aromatic nitrogens is 2. The molecule has 1 aromatic carbocycles. The fourth-order valence-electron chi connectivity index (χ4n) is 1.40. The van der Waals surface area contributed by atoms with E-state index in [1.54, 1.807) is 17.0 Å². The molecule has 0 fully saturated rings. The fraction of sp³-hybridized carbons (Fsp3) is 0.0909. The Morgan fingerprint density at radius 3 is 2.57 bits per heavy atom. The second-order valence-corrected chi connectivity index (χ2v) is 3.01. The van der Waals surface area contributed by atoms with Crippen LogP contribution in [0.4, 0.5) is 0 Å². The van der Waals surface area contributed by atoms with Crippen molar-refractivity contribution in [3.63, 3.8) is 0 Å². The fourth-order valence-corrected chi connectivity index (χ4v) is 1.40. The summed E-state index contributed by atoms with van der Waals surface area (Å²) in [6.45, 7) is 0. The maximum absolute atomic E-state index is 10.4. The second kappa shape index (κ2) is 3.46. The van der Waals surface area contributed by atoms with Crippen LogP contribution in [0.5, 0.6) is 0 Å². The molecule has 1 aromatic heterocycles. The van der Waals surface area contributed by atoms with E-state index < -0.39 is 0 Å². The van der Waals surface area contributed by atoms with E-state index in [-0.39, 0.29) is 0 Å². The zero-order chi connectivity index (χ0) is 9.97. The predicted octanol–water partition coefficient (Wildman–Crippen LogP) is 1.54. The molecule has 0 spiro atoms. The molecule has 0 saturated carbocycles. The molecule has 2 aromatic rings. The summed E-state index contributed by atoms with van der Waals surface area (Å²) in [4.78, 5) is 10.4. The topological polar surface area (TPSA) is 34.9 Å². The van der Waals surface area contributed by atoms with Crippen LogP contribution >= 0.6 is 0 Å². The Morgan fingerprint density at radius 1 is 1.29 bits per heavy atom. The molecule has 0 atom stereocenters. The first-order valence-electron chi connectivity index (χ1n) is 4.29. The molecular formula is C11H9N2O. The van der Waals surface area contributed by atoms with Crippen molar-refractivity contribution in [2.45, 2.75) is 0 Å². The van der Waals surface area contributed by atoms with Crippen LogP contribution in [0.2, 0.25) is 0 Å². The highest BCUT2D eigenvalue weighted by Crippen LogP contribution is 2.18. The predicted molar refractivity (Wildman–Crippen MR) is 53.4 cm³/mol. The molecule has 0 aliphatic rings. The Hall–Kier alpha value is -1.90. The average molecular weight is 185 g/mol. The van der Waals surface area contributed by atoms with Gasteiger partial charge in [0.1, 0.15) is 5.69 Å². The Bertz CT molecular complexity index is 446. The van der Waals surface area contributed by atoms with Gasteiger partial charge in [-0.2, -0.15) is 5.10 Å². The summed E-state index contributed by atoms with van der Waals surface area (Å²) < 4.78 is 1.68. The maximum atomic E-state index is 10.4. The van der Waals surface area contributed by atoms with Crippen LogP contribution in [0.3, 0.4) is 0 Å². The largest absolute Gasteiger partial charge is 0.283 e. The van der Waals surface area contributed by atoms with Gasteiger partial charge in [0.05, 0.1) is 5.69 Å². The molecule has 0 aliphatic carbocycles. The van der Waals surface area contributed by atoms with Gasteiger partial charge in [-0.15, -0.1) is 0 Å². The number of nitrogens with zero attached hydrogens (tertiary/aromatic N) is 2. The molecule has 0 N–H and O–H groups in total. The summed E-state index contributed by atoms with van der Waals surface area (Å²) in [5.74, 6) is 0. The van der Waals surface area contributed by atoms with Crippen molar-refractivity contribution in [2.24, 2.45) is 7.05 Å². The van der Waals surface area contributed by atoms with Crippen LogP contribution in [-0.2, 0) is 11.8 Å². The quantitative estimate of drug-likeness (QED) is 0.711. The molecule has 69 valence electrons. The zero-order valence-electron chi connectivity index (χ0n) is 7.77. The lowest BCUT2D eigenvalue weighted by atomic mass is 10.1. The van der Waals surface area contributed by atoms with Crippen LogP contribution < -0.4 is 0 Å². The van der Waals surface area contributed by atoms with Crippen LogP contribution in [0.25, 0.3) is 11.3 Å². The van der Waals surface area contributed by atoms with Gasteiger partial charge >= 0.3 is 0 Å².